The van der Waals surface area contributed by atoms with Crippen molar-refractivity contribution in [3.63, 3.8) is 0 Å². The fourth-order valence-electron chi connectivity index (χ4n) is 1.44. The predicted octanol–water partition coefficient (Wildman–Crippen LogP) is 2.46. The van der Waals surface area contributed by atoms with E-state index in [2.05, 4.69) is 24.1 Å². The lowest BCUT2D eigenvalue weighted by Crippen LogP contribution is -2.27. The van der Waals surface area contributed by atoms with Crippen LogP contribution in [0.2, 0.25) is 0 Å². The van der Waals surface area contributed by atoms with Gasteiger partial charge in [0.2, 0.25) is 5.91 Å². The Bertz CT molecular complexity index is 358. The maximum Gasteiger partial charge on any atom is 0.220 e. The van der Waals surface area contributed by atoms with Gasteiger partial charge in [0.15, 0.2) is 0 Å². The standard InChI is InChI=1S/C12H20N2OS/c1-8(2)7-13-12(15)6-5-11-9(3)14-10(4)16-11/h8H,5-7H2,1-4H3,(H,13,15). The van der Waals surface area contributed by atoms with Crippen molar-refractivity contribution in [3.05, 3.63) is 15.6 Å². The lowest BCUT2D eigenvalue weighted by molar-refractivity contribution is -0.121. The van der Waals surface area contributed by atoms with Crippen molar-refractivity contribution in [2.75, 3.05) is 6.54 Å². The van der Waals surface area contributed by atoms with Gasteiger partial charge in [-0.05, 0) is 26.2 Å². The minimum Gasteiger partial charge on any atom is -0.356 e. The molecule has 16 heavy (non-hydrogen) atoms. The van der Waals surface area contributed by atoms with Crippen molar-refractivity contribution in [3.8, 4) is 0 Å². The van der Waals surface area contributed by atoms with Gasteiger partial charge in [0.05, 0.1) is 10.7 Å². The highest BCUT2D eigenvalue weighted by Gasteiger charge is 2.08. The van der Waals surface area contributed by atoms with Crippen LogP contribution in [0.4, 0.5) is 0 Å². The third kappa shape index (κ3) is 4.31. The summed E-state index contributed by atoms with van der Waals surface area (Å²) in [4.78, 5) is 17.1. The second kappa shape index (κ2) is 5.99. The van der Waals surface area contributed by atoms with E-state index in [1.807, 2.05) is 13.8 Å². The minimum absolute atomic E-state index is 0.138. The highest BCUT2D eigenvalue weighted by molar-refractivity contribution is 7.11. The summed E-state index contributed by atoms with van der Waals surface area (Å²) in [6.07, 6.45) is 1.37. The molecule has 0 saturated carbocycles. The summed E-state index contributed by atoms with van der Waals surface area (Å²) in [5, 5.41) is 4.00. The molecule has 4 heteroatoms. The number of thiazole rings is 1. The molecule has 3 nitrogen and oxygen atoms in total. The largest absolute Gasteiger partial charge is 0.356 e. The molecule has 0 spiro atoms. The van der Waals surface area contributed by atoms with Crippen molar-refractivity contribution >= 4 is 17.2 Å². The fourth-order valence-corrected chi connectivity index (χ4v) is 2.38. The Morgan fingerprint density at radius 3 is 2.62 bits per heavy atom. The molecular weight excluding hydrogens is 220 g/mol. The van der Waals surface area contributed by atoms with Crippen molar-refractivity contribution < 1.29 is 4.79 Å². The molecule has 1 aromatic heterocycles. The molecule has 0 aromatic carbocycles. The van der Waals surface area contributed by atoms with Crippen molar-refractivity contribution in [1.29, 1.82) is 0 Å². The predicted molar refractivity (Wildman–Crippen MR) is 67.8 cm³/mol. The summed E-state index contributed by atoms with van der Waals surface area (Å²) in [5.41, 5.74) is 1.07. The first-order chi connectivity index (χ1) is 7.49. The maximum absolute atomic E-state index is 11.5. The zero-order valence-corrected chi connectivity index (χ0v) is 11.3. The molecular formula is C12H20N2OS. The van der Waals surface area contributed by atoms with Crippen molar-refractivity contribution in [2.45, 2.75) is 40.5 Å². The first-order valence-corrected chi connectivity index (χ1v) is 6.50. The highest BCUT2D eigenvalue weighted by atomic mass is 32.1. The van der Waals surface area contributed by atoms with Gasteiger partial charge in [-0.1, -0.05) is 13.8 Å². The number of amides is 1. The van der Waals surface area contributed by atoms with Gasteiger partial charge in [-0.15, -0.1) is 11.3 Å². The minimum atomic E-state index is 0.138. The average molecular weight is 240 g/mol. The third-order valence-electron chi connectivity index (χ3n) is 2.29. The molecule has 0 atom stereocenters. The fraction of sp³-hybridized carbons (Fsp3) is 0.667. The Kier molecular flexibility index (Phi) is 4.93. The SMILES string of the molecule is Cc1nc(C)c(CCC(=O)NCC(C)C)s1. The van der Waals surface area contributed by atoms with E-state index in [1.54, 1.807) is 11.3 Å². The van der Waals surface area contributed by atoms with Crippen LogP contribution >= 0.6 is 11.3 Å². The van der Waals surface area contributed by atoms with Gasteiger partial charge in [0.1, 0.15) is 0 Å². The Balaban J connectivity index is 2.34. The Hall–Kier alpha value is -0.900. The molecule has 90 valence electrons. The van der Waals surface area contributed by atoms with Crippen LogP contribution in [0, 0.1) is 19.8 Å². The van der Waals surface area contributed by atoms with E-state index in [1.165, 1.54) is 4.88 Å². The number of hydrogen-bond donors (Lipinski definition) is 1. The van der Waals surface area contributed by atoms with E-state index in [4.69, 9.17) is 0 Å². The zero-order chi connectivity index (χ0) is 12.1. The van der Waals surface area contributed by atoms with Crippen LogP contribution in [0.1, 0.15) is 35.8 Å². The van der Waals surface area contributed by atoms with Crippen LogP contribution in [0.25, 0.3) is 0 Å². The molecule has 0 unspecified atom stereocenters. The van der Waals surface area contributed by atoms with Crippen molar-refractivity contribution in [1.82, 2.24) is 10.3 Å². The van der Waals surface area contributed by atoms with Gasteiger partial charge >= 0.3 is 0 Å². The molecule has 0 bridgehead atoms. The van der Waals surface area contributed by atoms with Crippen LogP contribution in [0.5, 0.6) is 0 Å². The van der Waals surface area contributed by atoms with Gasteiger partial charge < -0.3 is 5.32 Å². The number of nitrogens with one attached hydrogen (secondary N) is 1. The lowest BCUT2D eigenvalue weighted by Gasteiger charge is -2.06. The van der Waals surface area contributed by atoms with E-state index < -0.39 is 0 Å². The van der Waals surface area contributed by atoms with Gasteiger partial charge in [-0.2, -0.15) is 0 Å². The van der Waals surface area contributed by atoms with E-state index in [0.717, 1.165) is 23.7 Å². The van der Waals surface area contributed by atoms with Gasteiger partial charge in [0.25, 0.3) is 0 Å². The Morgan fingerprint density at radius 1 is 1.44 bits per heavy atom. The van der Waals surface area contributed by atoms with Crippen LogP contribution < -0.4 is 5.32 Å². The summed E-state index contributed by atoms with van der Waals surface area (Å²) in [7, 11) is 0. The summed E-state index contributed by atoms with van der Waals surface area (Å²) < 4.78 is 0. The second-order valence-corrected chi connectivity index (χ2v) is 5.73. The monoisotopic (exact) mass is 240 g/mol. The van der Waals surface area contributed by atoms with Crippen LogP contribution in [-0.2, 0) is 11.2 Å². The molecule has 1 amide bonds. The molecule has 0 fully saturated rings. The topological polar surface area (TPSA) is 42.0 Å². The summed E-state index contributed by atoms with van der Waals surface area (Å²) >= 11 is 1.69. The maximum atomic E-state index is 11.5. The molecule has 1 N–H and O–H groups in total. The van der Waals surface area contributed by atoms with E-state index in [9.17, 15) is 4.79 Å². The number of rotatable bonds is 5. The molecule has 0 aliphatic rings. The summed E-state index contributed by atoms with van der Waals surface area (Å²) in [6, 6.07) is 0. The molecule has 1 rings (SSSR count). The smallest absolute Gasteiger partial charge is 0.220 e. The third-order valence-corrected chi connectivity index (χ3v) is 3.42. The molecule has 0 aliphatic heterocycles. The van der Waals surface area contributed by atoms with E-state index in [0.29, 0.717) is 12.3 Å². The number of carbonyl (C=O) groups excluding carboxylic acids is 1. The number of carbonyl (C=O) groups is 1. The van der Waals surface area contributed by atoms with E-state index >= 15 is 0 Å². The Labute approximate surface area is 101 Å². The average Bonchev–Trinajstić information content (AvgIpc) is 2.51. The lowest BCUT2D eigenvalue weighted by atomic mass is 10.2. The second-order valence-electron chi connectivity index (χ2n) is 4.44. The number of hydrogen-bond acceptors (Lipinski definition) is 3. The Morgan fingerprint density at radius 2 is 2.12 bits per heavy atom. The van der Waals surface area contributed by atoms with Crippen LogP contribution in [0.15, 0.2) is 0 Å². The number of aromatic nitrogens is 1. The van der Waals surface area contributed by atoms with Crippen LogP contribution in [0.3, 0.4) is 0 Å². The molecule has 0 radical (unpaired) electrons. The quantitative estimate of drug-likeness (QED) is 0.859. The molecule has 0 aliphatic carbocycles. The number of aryl methyl sites for hydroxylation is 3. The van der Waals surface area contributed by atoms with Gasteiger partial charge in [-0.3, -0.25) is 4.79 Å². The molecule has 1 heterocycles. The normalized spacial score (nSPS) is 10.8. The molecule has 0 saturated heterocycles. The first kappa shape index (κ1) is 13.2. The van der Waals surface area contributed by atoms with E-state index in [-0.39, 0.29) is 5.91 Å². The summed E-state index contributed by atoms with van der Waals surface area (Å²) in [5.74, 6) is 0.649. The first-order valence-electron chi connectivity index (χ1n) is 5.68. The van der Waals surface area contributed by atoms with Crippen LogP contribution in [-0.4, -0.2) is 17.4 Å². The van der Waals surface area contributed by atoms with Gasteiger partial charge in [0, 0.05) is 17.8 Å². The highest BCUT2D eigenvalue weighted by Crippen LogP contribution is 2.18. The van der Waals surface area contributed by atoms with Gasteiger partial charge in [-0.25, -0.2) is 4.98 Å². The number of nitrogens with zero attached hydrogens (tertiary/aromatic N) is 1. The summed E-state index contributed by atoms with van der Waals surface area (Å²) in [6.45, 7) is 8.96. The molecule has 1 aromatic rings. The van der Waals surface area contributed by atoms with Crippen molar-refractivity contribution in [2.24, 2.45) is 5.92 Å². The zero-order valence-electron chi connectivity index (χ0n) is 10.5.